The normalized spacial score (nSPS) is 17.6. The number of H-pyrrole nitrogens is 1. The lowest BCUT2D eigenvalue weighted by Gasteiger charge is -2.21. The first-order valence-corrected chi connectivity index (χ1v) is 12.3. The van der Waals surface area contributed by atoms with Crippen LogP contribution in [0.1, 0.15) is 35.2 Å². The molecule has 1 fully saturated rings. The maximum Gasteiger partial charge on any atom is 0.318 e. The number of carbonyl (C=O) groups excluding carboxylic acids is 2. The van der Waals surface area contributed by atoms with E-state index in [4.69, 9.17) is 20.4 Å². The molecule has 1 aliphatic rings. The number of benzene rings is 3. The van der Waals surface area contributed by atoms with Gasteiger partial charge in [0.05, 0.1) is 0 Å². The number of fused-ring (bicyclic) bond motifs is 1. The zero-order valence-corrected chi connectivity index (χ0v) is 20.9. The van der Waals surface area contributed by atoms with Crippen LogP contribution in [0.3, 0.4) is 0 Å². The Morgan fingerprint density at radius 2 is 1.68 bits per heavy atom. The number of carbonyl (C=O) groups is 3. The van der Waals surface area contributed by atoms with Crippen LogP contribution in [0.25, 0.3) is 10.9 Å². The molecule has 0 bridgehead atoms. The Labute approximate surface area is 219 Å². The highest BCUT2D eigenvalue weighted by Gasteiger charge is 2.49. The number of rotatable bonds is 7. The number of cyclic esters (lactones) is 1. The number of ketones is 1. The van der Waals surface area contributed by atoms with Crippen molar-refractivity contribution in [3.63, 3.8) is 0 Å². The van der Waals surface area contributed by atoms with Crippen LogP contribution in [0, 0.1) is 11.7 Å². The zero-order valence-electron chi connectivity index (χ0n) is 20.9. The Hall–Kier alpha value is -4.30. The number of nitrogens with two attached hydrogens (primary N) is 1. The molecule has 1 saturated heterocycles. The second kappa shape index (κ2) is 11.8. The Kier molecular flexibility index (Phi) is 8.33. The molecule has 5 rings (SSSR count). The van der Waals surface area contributed by atoms with Crippen molar-refractivity contribution in [1.82, 2.24) is 4.98 Å². The average molecular weight is 517 g/mol. The zero-order chi connectivity index (χ0) is 27.2. The van der Waals surface area contributed by atoms with Crippen LogP contribution in [-0.4, -0.2) is 40.5 Å². The fraction of sp³-hybridized carbons (Fsp3) is 0.233. The molecule has 1 aliphatic heterocycles. The molecule has 0 aliphatic carbocycles. The average Bonchev–Trinajstić information content (AvgIpc) is 3.37. The molecule has 0 spiro atoms. The lowest BCUT2D eigenvalue weighted by molar-refractivity contribution is -0.144. The van der Waals surface area contributed by atoms with Crippen molar-refractivity contribution in [2.75, 3.05) is 6.54 Å². The molecule has 7 nitrogen and oxygen atoms in total. The minimum Gasteiger partial charge on any atom is -0.481 e. The lowest BCUT2D eigenvalue weighted by Crippen LogP contribution is -2.29. The fourth-order valence-electron chi connectivity index (χ4n) is 4.97. The molecule has 8 heteroatoms. The lowest BCUT2D eigenvalue weighted by atomic mass is 9.79. The van der Waals surface area contributed by atoms with Crippen molar-refractivity contribution in [3.05, 3.63) is 107 Å². The van der Waals surface area contributed by atoms with Gasteiger partial charge in [-0.25, -0.2) is 4.39 Å². The van der Waals surface area contributed by atoms with Crippen molar-refractivity contribution in [3.8, 4) is 0 Å². The van der Waals surface area contributed by atoms with E-state index in [1.165, 1.54) is 12.1 Å². The third-order valence-electron chi connectivity index (χ3n) is 6.50. The summed E-state index contributed by atoms with van der Waals surface area (Å²) in [5, 5.41) is 8.25. The minimum absolute atomic E-state index is 0.244. The van der Waals surface area contributed by atoms with Crippen LogP contribution >= 0.6 is 0 Å². The maximum absolute atomic E-state index is 14.0. The van der Waals surface area contributed by atoms with Gasteiger partial charge < -0.3 is 20.6 Å². The molecule has 0 amide bonds. The van der Waals surface area contributed by atoms with E-state index < -0.39 is 29.9 Å². The Balaban J connectivity index is 0.000000786. The van der Waals surface area contributed by atoms with E-state index in [0.29, 0.717) is 30.6 Å². The predicted molar refractivity (Wildman–Crippen MR) is 141 cm³/mol. The SMILES string of the molecule is CC(=O)O.NCCc1c(C(c2ccccc2)C2C(=O)OC(Cc3ccccc3)C2=O)[nH]c2cc(F)ccc12. The summed E-state index contributed by atoms with van der Waals surface area (Å²) in [5.41, 5.74) is 9.85. The third-order valence-corrected chi connectivity index (χ3v) is 6.50. The Morgan fingerprint density at radius 3 is 2.32 bits per heavy atom. The molecule has 3 aromatic carbocycles. The molecule has 196 valence electrons. The Bertz CT molecular complexity index is 1430. The van der Waals surface area contributed by atoms with Crippen LogP contribution in [0.2, 0.25) is 0 Å². The Morgan fingerprint density at radius 1 is 1.05 bits per heavy atom. The van der Waals surface area contributed by atoms with E-state index in [9.17, 15) is 14.0 Å². The number of aromatic amines is 1. The van der Waals surface area contributed by atoms with Crippen molar-refractivity contribution in [2.24, 2.45) is 11.7 Å². The summed E-state index contributed by atoms with van der Waals surface area (Å²) in [7, 11) is 0. The number of nitrogens with one attached hydrogen (secondary N) is 1. The number of aliphatic carboxylic acids is 1. The van der Waals surface area contributed by atoms with Gasteiger partial charge in [-0.3, -0.25) is 14.4 Å². The summed E-state index contributed by atoms with van der Waals surface area (Å²) in [6.07, 6.45) is 0.0101. The molecule has 1 aromatic heterocycles. The van der Waals surface area contributed by atoms with Gasteiger partial charge in [-0.2, -0.15) is 0 Å². The largest absolute Gasteiger partial charge is 0.481 e. The monoisotopic (exact) mass is 516 g/mol. The number of aromatic nitrogens is 1. The maximum atomic E-state index is 14.0. The number of Topliss-reactive ketones (excluding diaryl/α,β-unsaturated/α-hetero) is 1. The second-order valence-electron chi connectivity index (χ2n) is 9.15. The van der Waals surface area contributed by atoms with E-state index in [1.807, 2.05) is 60.7 Å². The van der Waals surface area contributed by atoms with Crippen LogP contribution < -0.4 is 5.73 Å². The van der Waals surface area contributed by atoms with E-state index in [0.717, 1.165) is 29.0 Å². The summed E-state index contributed by atoms with van der Waals surface area (Å²) in [6.45, 7) is 1.46. The van der Waals surface area contributed by atoms with Gasteiger partial charge in [0.1, 0.15) is 11.7 Å². The summed E-state index contributed by atoms with van der Waals surface area (Å²) in [4.78, 5) is 39.1. The van der Waals surface area contributed by atoms with Gasteiger partial charge in [0.25, 0.3) is 5.97 Å². The van der Waals surface area contributed by atoms with Gasteiger partial charge in [0.2, 0.25) is 0 Å². The number of carboxylic acids is 1. The molecule has 0 radical (unpaired) electrons. The molecule has 4 aromatic rings. The number of carboxylic acid groups (broad SMARTS) is 1. The summed E-state index contributed by atoms with van der Waals surface area (Å²) in [5.74, 6) is -3.59. The van der Waals surface area contributed by atoms with Crippen molar-refractivity contribution < 1.29 is 28.6 Å². The molecule has 0 saturated carbocycles. The first-order valence-electron chi connectivity index (χ1n) is 12.3. The number of halogens is 1. The highest BCUT2D eigenvalue weighted by molar-refractivity contribution is 6.08. The van der Waals surface area contributed by atoms with Gasteiger partial charge in [0, 0.05) is 35.9 Å². The highest BCUT2D eigenvalue weighted by atomic mass is 19.1. The molecular formula is C30H29FN2O5. The molecule has 3 atom stereocenters. The highest BCUT2D eigenvalue weighted by Crippen LogP contribution is 2.41. The standard InChI is InChI=1S/C28H25FN2O3.C2H4O2/c29-19-11-12-20-21(13-14-30)26(31-22(20)16-19)24(18-9-5-2-6-10-18)25-27(32)23(34-28(25)33)15-17-7-3-1-4-8-17;1-2(3)4/h1-12,16,23-25,31H,13-15,30H2;1H3,(H,3,4). The minimum atomic E-state index is -1.01. The summed E-state index contributed by atoms with van der Waals surface area (Å²) >= 11 is 0. The van der Waals surface area contributed by atoms with Crippen molar-refractivity contribution in [2.45, 2.75) is 31.8 Å². The van der Waals surface area contributed by atoms with E-state index in [2.05, 4.69) is 4.98 Å². The first kappa shape index (κ1) is 26.8. The molecule has 2 heterocycles. The predicted octanol–water partition coefficient (Wildman–Crippen LogP) is 4.38. The van der Waals surface area contributed by atoms with E-state index >= 15 is 0 Å². The van der Waals surface area contributed by atoms with Crippen LogP contribution in [0.4, 0.5) is 4.39 Å². The smallest absolute Gasteiger partial charge is 0.318 e. The third kappa shape index (κ3) is 5.81. The molecule has 3 unspecified atom stereocenters. The van der Waals surface area contributed by atoms with E-state index in [1.54, 1.807) is 6.07 Å². The van der Waals surface area contributed by atoms with Gasteiger partial charge in [0.15, 0.2) is 11.9 Å². The van der Waals surface area contributed by atoms with Crippen LogP contribution in [0.5, 0.6) is 0 Å². The fourth-order valence-corrected chi connectivity index (χ4v) is 4.97. The number of esters is 1. The summed E-state index contributed by atoms with van der Waals surface area (Å²) in [6, 6.07) is 23.5. The van der Waals surface area contributed by atoms with Gasteiger partial charge >= 0.3 is 5.97 Å². The van der Waals surface area contributed by atoms with Crippen LogP contribution in [0.15, 0.2) is 78.9 Å². The second-order valence-corrected chi connectivity index (χ2v) is 9.15. The van der Waals surface area contributed by atoms with Crippen LogP contribution in [-0.2, 0) is 32.0 Å². The molecule has 38 heavy (non-hydrogen) atoms. The van der Waals surface area contributed by atoms with Gasteiger partial charge in [-0.05, 0) is 47.9 Å². The van der Waals surface area contributed by atoms with Crippen molar-refractivity contribution >= 4 is 28.6 Å². The topological polar surface area (TPSA) is 122 Å². The molecule has 4 N–H and O–H groups in total. The van der Waals surface area contributed by atoms with Gasteiger partial charge in [-0.1, -0.05) is 60.7 Å². The van der Waals surface area contributed by atoms with Gasteiger partial charge in [-0.15, -0.1) is 0 Å². The van der Waals surface area contributed by atoms with Crippen molar-refractivity contribution in [1.29, 1.82) is 0 Å². The number of ether oxygens (including phenoxy) is 1. The molecular weight excluding hydrogens is 487 g/mol. The number of hydrogen-bond donors (Lipinski definition) is 3. The number of hydrogen-bond acceptors (Lipinski definition) is 5. The first-order chi connectivity index (χ1) is 18.3. The summed E-state index contributed by atoms with van der Waals surface area (Å²) < 4.78 is 19.6. The quantitative estimate of drug-likeness (QED) is 0.247. The van der Waals surface area contributed by atoms with E-state index in [-0.39, 0.29) is 11.6 Å².